The van der Waals surface area contributed by atoms with Crippen molar-refractivity contribution in [3.8, 4) is 11.1 Å². The predicted molar refractivity (Wildman–Crippen MR) is 123 cm³/mol. The van der Waals surface area contributed by atoms with E-state index in [0.29, 0.717) is 12.8 Å². The smallest absolute Gasteiger partial charge is 0.407 e. The molecule has 0 radical (unpaired) electrons. The summed E-state index contributed by atoms with van der Waals surface area (Å²) in [6.45, 7) is 3.59. The molecule has 2 aromatic carbocycles. The predicted octanol–water partition coefficient (Wildman–Crippen LogP) is 3.04. The summed E-state index contributed by atoms with van der Waals surface area (Å²) >= 11 is 0. The van der Waals surface area contributed by atoms with Crippen molar-refractivity contribution in [3.63, 3.8) is 0 Å². The lowest BCUT2D eigenvalue weighted by Crippen LogP contribution is -2.51. The molecule has 1 unspecified atom stereocenters. The van der Waals surface area contributed by atoms with E-state index in [1.54, 1.807) is 13.8 Å². The summed E-state index contributed by atoms with van der Waals surface area (Å²) in [6, 6.07) is 14.5. The molecule has 0 fully saturated rings. The van der Waals surface area contributed by atoms with Gasteiger partial charge in [0.15, 0.2) is 0 Å². The van der Waals surface area contributed by atoms with Crippen LogP contribution in [0.2, 0.25) is 0 Å². The summed E-state index contributed by atoms with van der Waals surface area (Å²) in [5.74, 6) is -2.08. The first kappa shape index (κ1) is 24.3. The van der Waals surface area contributed by atoms with E-state index in [4.69, 9.17) is 9.84 Å². The SMILES string of the molecule is CCC(O)(CC)CNC(=O)C(CC(=O)O)NC(=O)OCC1c2ccccc2-c2ccccc21. The molecule has 0 heterocycles. The Morgan fingerprint density at radius 2 is 1.55 bits per heavy atom. The van der Waals surface area contributed by atoms with Gasteiger partial charge in [-0.2, -0.15) is 0 Å². The lowest BCUT2D eigenvalue weighted by atomic mass is 9.97. The zero-order valence-electron chi connectivity index (χ0n) is 18.8. The van der Waals surface area contributed by atoms with Crippen LogP contribution >= 0.6 is 0 Å². The largest absolute Gasteiger partial charge is 0.481 e. The van der Waals surface area contributed by atoms with E-state index < -0.39 is 36.0 Å². The maximum Gasteiger partial charge on any atom is 0.407 e. The second kappa shape index (κ2) is 10.5. The highest BCUT2D eigenvalue weighted by atomic mass is 16.5. The van der Waals surface area contributed by atoms with E-state index in [9.17, 15) is 19.5 Å². The second-order valence-electron chi connectivity index (χ2n) is 8.27. The molecule has 176 valence electrons. The number of amides is 2. The number of carbonyl (C=O) groups is 3. The molecule has 4 N–H and O–H groups in total. The summed E-state index contributed by atoms with van der Waals surface area (Å²) < 4.78 is 5.42. The van der Waals surface area contributed by atoms with E-state index in [1.165, 1.54) is 0 Å². The molecular formula is C25H30N2O6. The Hall–Kier alpha value is -3.39. The van der Waals surface area contributed by atoms with Crippen LogP contribution in [0.25, 0.3) is 11.1 Å². The van der Waals surface area contributed by atoms with E-state index in [0.717, 1.165) is 22.3 Å². The van der Waals surface area contributed by atoms with Gasteiger partial charge in [-0.3, -0.25) is 9.59 Å². The van der Waals surface area contributed by atoms with Gasteiger partial charge in [-0.25, -0.2) is 4.79 Å². The van der Waals surface area contributed by atoms with Gasteiger partial charge in [0.05, 0.1) is 12.0 Å². The number of nitrogens with one attached hydrogen (secondary N) is 2. The van der Waals surface area contributed by atoms with Crippen LogP contribution in [0, 0.1) is 0 Å². The Labute approximate surface area is 193 Å². The summed E-state index contributed by atoms with van der Waals surface area (Å²) in [5.41, 5.74) is 3.18. The molecule has 2 amide bonds. The maximum absolute atomic E-state index is 12.5. The molecule has 0 saturated carbocycles. The van der Waals surface area contributed by atoms with Crippen molar-refractivity contribution in [2.45, 2.75) is 50.7 Å². The van der Waals surface area contributed by atoms with Crippen molar-refractivity contribution >= 4 is 18.0 Å². The first-order chi connectivity index (χ1) is 15.8. The van der Waals surface area contributed by atoms with Crippen LogP contribution in [0.4, 0.5) is 4.79 Å². The third kappa shape index (κ3) is 5.70. The number of aliphatic carboxylic acids is 1. The Morgan fingerprint density at radius 1 is 1.00 bits per heavy atom. The lowest BCUT2D eigenvalue weighted by molar-refractivity contribution is -0.140. The molecule has 8 heteroatoms. The Bertz CT molecular complexity index is 972. The first-order valence-corrected chi connectivity index (χ1v) is 11.1. The highest BCUT2D eigenvalue weighted by Gasteiger charge is 2.31. The minimum absolute atomic E-state index is 0.0404. The van der Waals surface area contributed by atoms with E-state index in [2.05, 4.69) is 10.6 Å². The van der Waals surface area contributed by atoms with Gasteiger partial charge in [0, 0.05) is 12.5 Å². The molecule has 33 heavy (non-hydrogen) atoms. The molecule has 2 aromatic rings. The summed E-state index contributed by atoms with van der Waals surface area (Å²) in [7, 11) is 0. The number of hydrogen-bond acceptors (Lipinski definition) is 5. The minimum atomic E-state index is -1.32. The number of hydrogen-bond donors (Lipinski definition) is 4. The third-order valence-corrected chi connectivity index (χ3v) is 6.24. The zero-order chi connectivity index (χ0) is 24.0. The molecule has 0 bridgehead atoms. The van der Waals surface area contributed by atoms with Gasteiger partial charge < -0.3 is 25.6 Å². The molecule has 0 aromatic heterocycles. The number of carboxylic acids is 1. The third-order valence-electron chi connectivity index (χ3n) is 6.24. The standard InChI is InChI=1S/C25H30N2O6/c1-3-25(32,4-2)15-26-23(30)21(13-22(28)29)27-24(31)33-14-20-18-11-7-5-9-16(18)17-10-6-8-12-19(17)20/h5-12,20-21,32H,3-4,13-15H2,1-2H3,(H,26,30)(H,27,31)(H,28,29). The number of aliphatic hydroxyl groups is 1. The van der Waals surface area contributed by atoms with Gasteiger partial charge in [-0.05, 0) is 35.1 Å². The van der Waals surface area contributed by atoms with Gasteiger partial charge in [0.1, 0.15) is 12.6 Å². The fourth-order valence-electron chi connectivity index (χ4n) is 4.04. The molecule has 1 atom stereocenters. The van der Waals surface area contributed by atoms with Gasteiger partial charge in [-0.15, -0.1) is 0 Å². The molecule has 0 spiro atoms. The quantitative estimate of drug-likeness (QED) is 0.437. The fourth-order valence-corrected chi connectivity index (χ4v) is 4.04. The van der Waals surface area contributed by atoms with Crippen LogP contribution in [0.3, 0.4) is 0 Å². The number of ether oxygens (including phenoxy) is 1. The van der Waals surface area contributed by atoms with Gasteiger partial charge >= 0.3 is 12.1 Å². The maximum atomic E-state index is 12.5. The molecule has 0 aliphatic heterocycles. The lowest BCUT2D eigenvalue weighted by Gasteiger charge is -2.26. The first-order valence-electron chi connectivity index (χ1n) is 11.1. The monoisotopic (exact) mass is 454 g/mol. The van der Waals surface area contributed by atoms with Crippen LogP contribution in [0.15, 0.2) is 48.5 Å². The van der Waals surface area contributed by atoms with E-state index in [1.807, 2.05) is 48.5 Å². The number of fused-ring (bicyclic) bond motifs is 3. The average molecular weight is 455 g/mol. The van der Waals surface area contributed by atoms with Crippen molar-refractivity contribution in [1.82, 2.24) is 10.6 Å². The van der Waals surface area contributed by atoms with E-state index >= 15 is 0 Å². The van der Waals surface area contributed by atoms with Crippen molar-refractivity contribution in [1.29, 1.82) is 0 Å². The summed E-state index contributed by atoms with van der Waals surface area (Å²) in [6.07, 6.45) is -0.632. The molecule has 1 aliphatic carbocycles. The Kier molecular flexibility index (Phi) is 7.71. The summed E-state index contributed by atoms with van der Waals surface area (Å²) in [5, 5.41) is 24.4. The van der Waals surface area contributed by atoms with E-state index in [-0.39, 0.29) is 19.1 Å². The highest BCUT2D eigenvalue weighted by Crippen LogP contribution is 2.44. The number of benzene rings is 2. The van der Waals surface area contributed by atoms with Crippen molar-refractivity contribution in [2.75, 3.05) is 13.2 Å². The number of carbonyl (C=O) groups excluding carboxylic acids is 2. The van der Waals surface area contributed by atoms with Crippen LogP contribution in [0.5, 0.6) is 0 Å². The van der Waals surface area contributed by atoms with Gasteiger partial charge in [-0.1, -0.05) is 62.4 Å². The second-order valence-corrected chi connectivity index (χ2v) is 8.27. The van der Waals surface area contributed by atoms with Crippen LogP contribution < -0.4 is 10.6 Å². The Morgan fingerprint density at radius 3 is 2.06 bits per heavy atom. The van der Waals surface area contributed by atoms with Gasteiger partial charge in [0.2, 0.25) is 5.91 Å². The topological polar surface area (TPSA) is 125 Å². The molecular weight excluding hydrogens is 424 g/mol. The van der Waals surface area contributed by atoms with Crippen molar-refractivity contribution in [3.05, 3.63) is 59.7 Å². The fraction of sp³-hybridized carbons (Fsp3) is 0.400. The number of carboxylic acid groups (broad SMARTS) is 1. The highest BCUT2D eigenvalue weighted by molar-refractivity contribution is 5.89. The van der Waals surface area contributed by atoms with Crippen molar-refractivity contribution < 1.29 is 29.3 Å². The number of alkyl carbamates (subject to hydrolysis) is 1. The average Bonchev–Trinajstić information content (AvgIpc) is 3.14. The zero-order valence-corrected chi connectivity index (χ0v) is 18.8. The molecule has 8 nitrogen and oxygen atoms in total. The molecule has 0 saturated heterocycles. The van der Waals surface area contributed by atoms with Gasteiger partial charge in [0.25, 0.3) is 0 Å². The van der Waals surface area contributed by atoms with Crippen LogP contribution in [-0.4, -0.2) is 53.0 Å². The van der Waals surface area contributed by atoms with Crippen molar-refractivity contribution in [2.24, 2.45) is 0 Å². The summed E-state index contributed by atoms with van der Waals surface area (Å²) in [4.78, 5) is 36.2. The molecule has 1 aliphatic rings. The van der Waals surface area contributed by atoms with Crippen LogP contribution in [0.1, 0.15) is 50.2 Å². The Balaban J connectivity index is 1.64. The normalized spacial score (nSPS) is 13.5. The molecule has 3 rings (SSSR count). The van der Waals surface area contributed by atoms with Crippen LogP contribution in [-0.2, 0) is 14.3 Å². The minimum Gasteiger partial charge on any atom is -0.481 e. The number of rotatable bonds is 10.